The van der Waals surface area contributed by atoms with E-state index in [4.69, 9.17) is 4.74 Å². The second-order valence-electron chi connectivity index (χ2n) is 14.9. The van der Waals surface area contributed by atoms with Crippen molar-refractivity contribution in [3.05, 3.63) is 36.0 Å². The summed E-state index contributed by atoms with van der Waals surface area (Å²) in [4.78, 5) is 75.6. The fourth-order valence-electron chi connectivity index (χ4n) is 6.41. The number of rotatable bonds is 7. The van der Waals surface area contributed by atoms with Gasteiger partial charge in [0.25, 0.3) is 11.8 Å². The fourth-order valence-corrected chi connectivity index (χ4v) is 7.77. The first-order chi connectivity index (χ1) is 23.5. The maximum Gasteiger partial charge on any atom is 0.408 e. The molecule has 4 aliphatic rings. The molecule has 15 nitrogen and oxygen atoms in total. The number of nitrogens with zero attached hydrogens (tertiary/aromatic N) is 3. The smallest absolute Gasteiger partial charge is 0.408 e. The number of hydrogen-bond acceptors (Lipinski definition) is 10. The van der Waals surface area contributed by atoms with Gasteiger partial charge in [0.05, 0.1) is 10.8 Å². The number of allylic oxidation sites excluding steroid dienone is 1. The summed E-state index contributed by atoms with van der Waals surface area (Å²) in [5, 5.41) is 7.79. The predicted molar refractivity (Wildman–Crippen MR) is 184 cm³/mol. The van der Waals surface area contributed by atoms with E-state index >= 15 is 0 Å². The molecule has 2 saturated carbocycles. The lowest BCUT2D eigenvalue weighted by atomic mass is 10.0. The van der Waals surface area contributed by atoms with Crippen molar-refractivity contribution in [2.24, 2.45) is 5.92 Å². The Morgan fingerprint density at radius 1 is 1.06 bits per heavy atom. The van der Waals surface area contributed by atoms with Gasteiger partial charge in [-0.25, -0.2) is 18.2 Å². The van der Waals surface area contributed by atoms with Crippen LogP contribution in [-0.2, 0) is 29.1 Å². The summed E-state index contributed by atoms with van der Waals surface area (Å²) in [5.41, 5.74) is -2.03. The van der Waals surface area contributed by atoms with Gasteiger partial charge in [-0.2, -0.15) is 0 Å². The summed E-state index contributed by atoms with van der Waals surface area (Å²) in [5.74, 6) is -2.22. The Balaban J connectivity index is 1.42. The average molecular weight is 716 g/mol. The van der Waals surface area contributed by atoms with Crippen molar-refractivity contribution >= 4 is 45.6 Å². The van der Waals surface area contributed by atoms with E-state index in [0.29, 0.717) is 43.5 Å². The fraction of sp³-hybridized carbons (Fsp3) is 0.647. The number of aromatic nitrogens is 1. The molecule has 0 unspecified atom stereocenters. The molecule has 274 valence electrons. The Kier molecular flexibility index (Phi) is 10.8. The molecule has 2 aliphatic carbocycles. The molecule has 0 bridgehead atoms. The van der Waals surface area contributed by atoms with Gasteiger partial charge in [-0.15, -0.1) is 0 Å². The summed E-state index contributed by atoms with van der Waals surface area (Å²) in [7, 11) is -0.236. The highest BCUT2D eigenvalue weighted by molar-refractivity contribution is 7.91. The Morgan fingerprint density at radius 2 is 1.80 bits per heavy atom. The lowest BCUT2D eigenvalue weighted by molar-refractivity contribution is -0.141. The lowest BCUT2D eigenvalue weighted by Crippen LogP contribution is -2.58. The SMILES string of the molecule is CN(C)c1ccc(C(=O)N[C@@H]2C[C@H]3C(=O)N[C@]4(C(=O)NS(=O)(=O)C5CC5)C[C@H]4C=CCCCCC[C@H](NC(=O)OC(C)(C)C)C(=O)N3C2)cn1. The van der Waals surface area contributed by atoms with E-state index < -0.39 is 80.2 Å². The number of fused-ring (bicyclic) bond motifs is 2. The highest BCUT2D eigenvalue weighted by atomic mass is 32.2. The first-order valence-corrected chi connectivity index (χ1v) is 18.8. The van der Waals surface area contributed by atoms with Crippen molar-refractivity contribution in [3.8, 4) is 0 Å². The van der Waals surface area contributed by atoms with Gasteiger partial charge in [0.15, 0.2) is 0 Å². The summed E-state index contributed by atoms with van der Waals surface area (Å²) in [6.07, 6.45) is 8.69. The molecule has 4 N–H and O–H groups in total. The first kappa shape index (κ1) is 37.1. The van der Waals surface area contributed by atoms with E-state index in [-0.39, 0.29) is 19.4 Å². The summed E-state index contributed by atoms with van der Waals surface area (Å²) >= 11 is 0. The van der Waals surface area contributed by atoms with Gasteiger partial charge in [0, 0.05) is 38.8 Å². The van der Waals surface area contributed by atoms with Gasteiger partial charge in [-0.1, -0.05) is 25.0 Å². The molecular weight excluding hydrogens is 666 g/mol. The Bertz CT molecular complexity index is 1620. The lowest BCUT2D eigenvalue weighted by Gasteiger charge is -2.30. The summed E-state index contributed by atoms with van der Waals surface area (Å²) < 4.78 is 33.1. The third kappa shape index (κ3) is 8.92. The van der Waals surface area contributed by atoms with Gasteiger partial charge < -0.3 is 30.5 Å². The molecule has 5 amide bonds. The minimum atomic E-state index is -3.89. The van der Waals surface area contributed by atoms with Crippen LogP contribution in [0, 0.1) is 5.92 Å². The molecule has 3 heterocycles. The van der Waals surface area contributed by atoms with E-state index in [9.17, 15) is 32.4 Å². The van der Waals surface area contributed by atoms with Crippen LogP contribution in [0.5, 0.6) is 0 Å². The zero-order valence-corrected chi connectivity index (χ0v) is 30.2. The average Bonchev–Trinajstić information content (AvgIpc) is 3.95. The van der Waals surface area contributed by atoms with Crippen molar-refractivity contribution in [2.75, 3.05) is 25.5 Å². The van der Waals surface area contributed by atoms with E-state index in [0.717, 1.165) is 12.8 Å². The van der Waals surface area contributed by atoms with Crippen LogP contribution in [0.3, 0.4) is 0 Å². The van der Waals surface area contributed by atoms with E-state index in [1.807, 2.05) is 26.2 Å². The molecule has 16 heteroatoms. The van der Waals surface area contributed by atoms with E-state index in [1.54, 1.807) is 37.8 Å². The third-order valence-corrected chi connectivity index (χ3v) is 11.2. The van der Waals surface area contributed by atoms with Gasteiger partial charge >= 0.3 is 6.09 Å². The number of pyridine rings is 1. The van der Waals surface area contributed by atoms with Crippen LogP contribution in [0.1, 0.15) is 88.9 Å². The summed E-state index contributed by atoms with van der Waals surface area (Å²) in [6, 6.07) is 0.513. The standard InChI is InChI=1S/C34H49N7O8S/c1-33(2,3)49-32(46)37-25-12-10-8-6-7-9-11-22-18-34(22,31(45)39-50(47,48)24-14-15-24)38-29(43)26-17-23(20-41(26)30(25)44)36-28(42)21-13-16-27(35-19-21)40(4)5/h9,11,13,16,19,22-26H,6-8,10,12,14-15,17-18,20H2,1-5H3,(H,36,42)(H,37,46)(H,38,43)(H,39,45)/t22-,23-,25+,26+,34-/m1/s1. The minimum absolute atomic E-state index is 0.0181. The molecule has 50 heavy (non-hydrogen) atoms. The number of carbonyl (C=O) groups is 5. The Morgan fingerprint density at radius 3 is 2.44 bits per heavy atom. The second-order valence-corrected chi connectivity index (χ2v) is 16.9. The van der Waals surface area contributed by atoms with Crippen LogP contribution in [0.4, 0.5) is 10.6 Å². The molecule has 0 aromatic carbocycles. The number of hydrogen-bond donors (Lipinski definition) is 4. The third-order valence-electron chi connectivity index (χ3n) is 9.38. The second kappa shape index (κ2) is 14.6. The zero-order valence-electron chi connectivity index (χ0n) is 29.4. The first-order valence-electron chi connectivity index (χ1n) is 17.3. The van der Waals surface area contributed by atoms with Crippen molar-refractivity contribution < 1.29 is 37.1 Å². The Labute approximate surface area is 293 Å². The van der Waals surface area contributed by atoms with Gasteiger partial charge in [-0.3, -0.25) is 23.9 Å². The predicted octanol–water partition coefficient (Wildman–Crippen LogP) is 1.74. The van der Waals surface area contributed by atoms with E-state index in [1.165, 1.54) is 11.1 Å². The zero-order chi connectivity index (χ0) is 36.4. The number of amides is 5. The van der Waals surface area contributed by atoms with Gasteiger partial charge in [0.2, 0.25) is 21.8 Å². The maximum atomic E-state index is 14.3. The molecule has 3 fully saturated rings. The molecule has 1 aromatic heterocycles. The van der Waals surface area contributed by atoms with Crippen molar-refractivity contribution in [3.63, 3.8) is 0 Å². The minimum Gasteiger partial charge on any atom is -0.444 e. The molecule has 5 atom stereocenters. The molecule has 1 aromatic rings. The molecule has 0 spiro atoms. The van der Waals surface area contributed by atoms with Crippen LogP contribution >= 0.6 is 0 Å². The monoisotopic (exact) mass is 715 g/mol. The number of carbonyl (C=O) groups excluding carboxylic acids is 5. The quantitative estimate of drug-likeness (QED) is 0.302. The highest BCUT2D eigenvalue weighted by Gasteiger charge is 2.62. The van der Waals surface area contributed by atoms with Gasteiger partial charge in [0.1, 0.15) is 29.0 Å². The number of ether oxygens (including phenoxy) is 1. The van der Waals surface area contributed by atoms with Crippen LogP contribution in [0.15, 0.2) is 30.5 Å². The number of anilines is 1. The maximum absolute atomic E-state index is 14.3. The topological polar surface area (TPSA) is 196 Å². The Hall–Kier alpha value is -4.21. The number of alkyl carbamates (subject to hydrolysis) is 1. The van der Waals surface area contributed by atoms with Crippen LogP contribution in [0.25, 0.3) is 0 Å². The van der Waals surface area contributed by atoms with Crippen LogP contribution < -0.4 is 25.6 Å². The number of sulfonamides is 1. The van der Waals surface area contributed by atoms with Crippen LogP contribution in [0.2, 0.25) is 0 Å². The largest absolute Gasteiger partial charge is 0.444 e. The van der Waals surface area contributed by atoms with Crippen molar-refractivity contribution in [1.82, 2.24) is 30.6 Å². The van der Waals surface area contributed by atoms with E-state index in [2.05, 4.69) is 25.7 Å². The molecule has 1 saturated heterocycles. The molecule has 5 rings (SSSR count). The normalized spacial score (nSPS) is 27.4. The van der Waals surface area contributed by atoms with Crippen molar-refractivity contribution in [1.29, 1.82) is 0 Å². The molecular formula is C34H49N7O8S. The van der Waals surface area contributed by atoms with Crippen LogP contribution in [-0.4, -0.2) is 103 Å². The molecule has 0 radical (unpaired) electrons. The van der Waals surface area contributed by atoms with Crippen molar-refractivity contribution in [2.45, 2.75) is 113 Å². The number of nitrogens with one attached hydrogen (secondary N) is 4. The summed E-state index contributed by atoms with van der Waals surface area (Å²) in [6.45, 7) is 5.09. The van der Waals surface area contributed by atoms with Gasteiger partial charge in [-0.05, 0) is 77.8 Å². The molecule has 2 aliphatic heterocycles. The highest BCUT2D eigenvalue weighted by Crippen LogP contribution is 2.46.